The van der Waals surface area contributed by atoms with Crippen molar-refractivity contribution in [1.29, 1.82) is 0 Å². The van der Waals surface area contributed by atoms with Crippen LogP contribution in [0.2, 0.25) is 0 Å². The first-order valence-electron chi connectivity index (χ1n) is 7.98. The molecule has 0 aliphatic rings. The third kappa shape index (κ3) is 2.49. The second-order valence-corrected chi connectivity index (χ2v) is 7.86. The molecule has 0 aliphatic carbocycles. The van der Waals surface area contributed by atoms with Crippen molar-refractivity contribution in [3.63, 3.8) is 0 Å². The number of nitrogens with zero attached hydrogens (tertiary/aromatic N) is 3. The number of fused-ring (bicyclic) bond motifs is 3. The van der Waals surface area contributed by atoms with Gasteiger partial charge in [-0.1, -0.05) is 35.5 Å². The SMILES string of the molecule is O=C(Nc1ccccc1-n1ccnn1)c1cc2sc3ccccc3c2s1. The molecule has 1 N–H and O–H groups in total. The van der Waals surface area contributed by atoms with Crippen molar-refractivity contribution in [2.24, 2.45) is 0 Å². The lowest BCUT2D eigenvalue weighted by atomic mass is 10.2. The molecule has 3 aromatic heterocycles. The van der Waals surface area contributed by atoms with Crippen LogP contribution < -0.4 is 5.32 Å². The van der Waals surface area contributed by atoms with Crippen molar-refractivity contribution in [2.75, 3.05) is 5.32 Å². The van der Waals surface area contributed by atoms with Crippen LogP contribution in [0.15, 0.2) is 67.0 Å². The van der Waals surface area contributed by atoms with E-state index in [0.717, 1.165) is 10.4 Å². The summed E-state index contributed by atoms with van der Waals surface area (Å²) in [6.45, 7) is 0. The van der Waals surface area contributed by atoms with Gasteiger partial charge in [0, 0.05) is 14.8 Å². The van der Waals surface area contributed by atoms with E-state index >= 15 is 0 Å². The number of anilines is 1. The first-order valence-corrected chi connectivity index (χ1v) is 9.61. The fourth-order valence-corrected chi connectivity index (χ4v) is 5.33. The zero-order chi connectivity index (χ0) is 17.5. The number of hydrogen-bond acceptors (Lipinski definition) is 5. The predicted octanol–water partition coefficient (Wildman–Crippen LogP) is 4.95. The van der Waals surface area contributed by atoms with E-state index in [4.69, 9.17) is 0 Å². The van der Waals surface area contributed by atoms with E-state index in [-0.39, 0.29) is 5.91 Å². The summed E-state index contributed by atoms with van der Waals surface area (Å²) in [6, 6.07) is 17.8. The average molecular weight is 376 g/mol. The minimum absolute atomic E-state index is 0.116. The van der Waals surface area contributed by atoms with E-state index in [2.05, 4.69) is 27.8 Å². The van der Waals surface area contributed by atoms with Crippen LogP contribution in [-0.2, 0) is 0 Å². The van der Waals surface area contributed by atoms with Crippen LogP contribution in [0.1, 0.15) is 9.67 Å². The summed E-state index contributed by atoms with van der Waals surface area (Å²) in [5, 5.41) is 12.0. The van der Waals surface area contributed by atoms with Gasteiger partial charge in [0.2, 0.25) is 0 Å². The summed E-state index contributed by atoms with van der Waals surface area (Å²) in [5.74, 6) is -0.116. The number of nitrogens with one attached hydrogen (secondary N) is 1. The van der Waals surface area contributed by atoms with Gasteiger partial charge in [-0.05, 0) is 24.3 Å². The van der Waals surface area contributed by atoms with Crippen LogP contribution in [0, 0.1) is 0 Å². The molecule has 0 aliphatic heterocycles. The number of hydrogen-bond donors (Lipinski definition) is 1. The number of benzene rings is 2. The largest absolute Gasteiger partial charge is 0.319 e. The summed E-state index contributed by atoms with van der Waals surface area (Å²) in [5.41, 5.74) is 1.48. The van der Waals surface area contributed by atoms with Crippen molar-refractivity contribution in [3.05, 3.63) is 71.9 Å². The third-order valence-corrected chi connectivity index (χ3v) is 6.51. The summed E-state index contributed by atoms with van der Waals surface area (Å²) >= 11 is 3.24. The van der Waals surface area contributed by atoms with Gasteiger partial charge >= 0.3 is 0 Å². The molecule has 0 fully saturated rings. The Bertz CT molecular complexity index is 1240. The molecule has 0 bridgehead atoms. The van der Waals surface area contributed by atoms with Crippen LogP contribution in [0.4, 0.5) is 5.69 Å². The average Bonchev–Trinajstić information content (AvgIpc) is 3.38. The van der Waals surface area contributed by atoms with Crippen molar-refractivity contribution in [3.8, 4) is 5.69 Å². The Morgan fingerprint density at radius 1 is 1.00 bits per heavy atom. The molecule has 0 spiro atoms. The molecule has 7 heteroatoms. The minimum Gasteiger partial charge on any atom is -0.319 e. The highest BCUT2D eigenvalue weighted by Crippen LogP contribution is 2.39. The Morgan fingerprint density at radius 2 is 1.85 bits per heavy atom. The minimum atomic E-state index is -0.116. The fourth-order valence-electron chi connectivity index (χ4n) is 2.91. The second-order valence-electron chi connectivity index (χ2n) is 5.72. The standard InChI is InChI=1S/C19H12N4OS2/c24-19(21-13-6-2-3-7-14(13)23-10-9-20-22-23)17-11-16-18(26-17)12-5-1-4-8-15(12)25-16/h1-11H,(H,21,24). The van der Waals surface area contributed by atoms with E-state index in [0.29, 0.717) is 10.6 Å². The Kier molecular flexibility index (Phi) is 3.55. The quantitative estimate of drug-likeness (QED) is 0.485. The number of rotatable bonds is 3. The van der Waals surface area contributed by atoms with Crippen LogP contribution >= 0.6 is 22.7 Å². The van der Waals surface area contributed by atoms with E-state index < -0.39 is 0 Å². The lowest BCUT2D eigenvalue weighted by molar-refractivity contribution is 0.103. The van der Waals surface area contributed by atoms with E-state index in [1.54, 1.807) is 28.4 Å². The third-order valence-electron chi connectivity index (χ3n) is 4.09. The molecule has 5 aromatic rings. The zero-order valence-electron chi connectivity index (χ0n) is 13.4. The molecule has 3 heterocycles. The number of carbonyl (C=O) groups is 1. The Balaban J connectivity index is 1.51. The number of aromatic nitrogens is 3. The molecule has 126 valence electrons. The molecule has 26 heavy (non-hydrogen) atoms. The first kappa shape index (κ1) is 15.2. The maximum absolute atomic E-state index is 12.8. The zero-order valence-corrected chi connectivity index (χ0v) is 15.1. The molecule has 5 rings (SSSR count). The Labute approximate surface area is 156 Å². The molecule has 0 atom stereocenters. The highest BCUT2D eigenvalue weighted by Gasteiger charge is 2.16. The molecule has 0 saturated heterocycles. The maximum atomic E-state index is 12.8. The van der Waals surface area contributed by atoms with E-state index in [9.17, 15) is 4.79 Å². The highest BCUT2D eigenvalue weighted by atomic mass is 32.1. The molecule has 5 nitrogen and oxygen atoms in total. The van der Waals surface area contributed by atoms with Gasteiger partial charge in [0.1, 0.15) is 0 Å². The molecule has 0 radical (unpaired) electrons. The number of para-hydroxylation sites is 2. The summed E-state index contributed by atoms with van der Waals surface area (Å²) in [6.07, 6.45) is 3.36. The number of amides is 1. The fraction of sp³-hybridized carbons (Fsp3) is 0. The molecule has 1 amide bonds. The molecule has 2 aromatic carbocycles. The number of thiophene rings is 2. The van der Waals surface area contributed by atoms with Gasteiger partial charge in [0.15, 0.2) is 0 Å². The Morgan fingerprint density at radius 3 is 2.73 bits per heavy atom. The Hall–Kier alpha value is -3.03. The monoisotopic (exact) mass is 376 g/mol. The van der Waals surface area contributed by atoms with Crippen LogP contribution in [-0.4, -0.2) is 20.9 Å². The summed E-state index contributed by atoms with van der Waals surface area (Å²) in [4.78, 5) is 13.5. The summed E-state index contributed by atoms with van der Waals surface area (Å²) in [7, 11) is 0. The van der Waals surface area contributed by atoms with Gasteiger partial charge in [0.25, 0.3) is 5.91 Å². The normalized spacial score (nSPS) is 11.2. The maximum Gasteiger partial charge on any atom is 0.265 e. The smallest absolute Gasteiger partial charge is 0.265 e. The molecule has 0 saturated carbocycles. The van der Waals surface area contributed by atoms with Crippen LogP contribution in [0.3, 0.4) is 0 Å². The van der Waals surface area contributed by atoms with Gasteiger partial charge in [-0.15, -0.1) is 27.8 Å². The molecular weight excluding hydrogens is 364 g/mol. The molecule has 0 unspecified atom stereocenters. The first-order chi connectivity index (χ1) is 12.8. The van der Waals surface area contributed by atoms with Crippen LogP contribution in [0.25, 0.3) is 25.2 Å². The van der Waals surface area contributed by atoms with Gasteiger partial charge in [-0.2, -0.15) is 0 Å². The van der Waals surface area contributed by atoms with Gasteiger partial charge in [-0.3, -0.25) is 4.79 Å². The van der Waals surface area contributed by atoms with Gasteiger partial charge in [0.05, 0.1) is 33.3 Å². The van der Waals surface area contributed by atoms with Crippen molar-refractivity contribution in [1.82, 2.24) is 15.0 Å². The van der Waals surface area contributed by atoms with E-state index in [1.807, 2.05) is 42.5 Å². The predicted molar refractivity (Wildman–Crippen MR) is 107 cm³/mol. The lowest BCUT2D eigenvalue weighted by Crippen LogP contribution is -2.12. The topological polar surface area (TPSA) is 59.8 Å². The molecular formula is C19H12N4OS2. The van der Waals surface area contributed by atoms with Gasteiger partial charge < -0.3 is 5.32 Å². The van der Waals surface area contributed by atoms with Crippen molar-refractivity contribution in [2.45, 2.75) is 0 Å². The van der Waals surface area contributed by atoms with Crippen molar-refractivity contribution >= 4 is 53.8 Å². The number of carbonyl (C=O) groups excluding carboxylic acids is 1. The second kappa shape index (κ2) is 6.05. The highest BCUT2D eigenvalue weighted by molar-refractivity contribution is 7.33. The summed E-state index contributed by atoms with van der Waals surface area (Å²) < 4.78 is 5.19. The van der Waals surface area contributed by atoms with E-state index in [1.165, 1.54) is 26.1 Å². The lowest BCUT2D eigenvalue weighted by Gasteiger charge is -2.09. The van der Waals surface area contributed by atoms with Crippen LogP contribution in [0.5, 0.6) is 0 Å². The van der Waals surface area contributed by atoms with Crippen molar-refractivity contribution < 1.29 is 4.79 Å². The van der Waals surface area contributed by atoms with Gasteiger partial charge in [-0.25, -0.2) is 4.68 Å².